The molecule has 4 nitrogen and oxygen atoms in total. The average molecular weight is 228 g/mol. The number of hydrogen-bond acceptors (Lipinski definition) is 3. The molecule has 1 atom stereocenters. The third kappa shape index (κ3) is 2.38. The van der Waals surface area contributed by atoms with E-state index in [1.165, 1.54) is 0 Å². The van der Waals surface area contributed by atoms with E-state index >= 15 is 0 Å². The van der Waals surface area contributed by atoms with Crippen molar-refractivity contribution in [2.45, 2.75) is 51.7 Å². The Balaban J connectivity index is 2.93. The van der Waals surface area contributed by atoms with Gasteiger partial charge in [-0.1, -0.05) is 0 Å². The molecular formula is C12H24N2O2. The minimum atomic E-state index is -0.184. The highest BCUT2D eigenvalue weighted by Crippen LogP contribution is 2.27. The van der Waals surface area contributed by atoms with Crippen LogP contribution >= 0.6 is 0 Å². The molecule has 1 heterocycles. The number of carbonyl (C=O) groups is 1. The number of aliphatic hydroxyl groups is 1. The van der Waals surface area contributed by atoms with Gasteiger partial charge in [-0.2, -0.15) is 0 Å². The molecule has 1 amide bonds. The molecule has 0 aromatic heterocycles. The first-order valence-electron chi connectivity index (χ1n) is 5.95. The van der Waals surface area contributed by atoms with Crippen LogP contribution < -0.4 is 0 Å². The van der Waals surface area contributed by atoms with Crippen molar-refractivity contribution in [2.75, 3.05) is 20.2 Å². The number of rotatable bonds is 3. The molecule has 1 unspecified atom stereocenters. The number of piperazine rings is 1. The zero-order valence-electron chi connectivity index (χ0n) is 11.0. The van der Waals surface area contributed by atoms with Gasteiger partial charge in [0.2, 0.25) is 5.91 Å². The molecule has 4 heteroatoms. The molecule has 94 valence electrons. The minimum Gasteiger partial charge on any atom is -0.396 e. The smallest absolute Gasteiger partial charge is 0.240 e. The van der Waals surface area contributed by atoms with E-state index < -0.39 is 0 Å². The van der Waals surface area contributed by atoms with Crippen LogP contribution in [0.3, 0.4) is 0 Å². The van der Waals surface area contributed by atoms with Gasteiger partial charge >= 0.3 is 0 Å². The number of nitrogens with zero attached hydrogens (tertiary/aromatic N) is 2. The van der Waals surface area contributed by atoms with Crippen LogP contribution in [0.4, 0.5) is 0 Å². The summed E-state index contributed by atoms with van der Waals surface area (Å²) < 4.78 is 0. The van der Waals surface area contributed by atoms with Crippen molar-refractivity contribution in [3.8, 4) is 0 Å². The maximum atomic E-state index is 12.2. The summed E-state index contributed by atoms with van der Waals surface area (Å²) in [5, 5.41) is 9.05. The molecular weight excluding hydrogens is 204 g/mol. The highest BCUT2D eigenvalue weighted by molar-refractivity contribution is 5.83. The third-order valence-electron chi connectivity index (χ3n) is 3.57. The van der Waals surface area contributed by atoms with E-state index in [1.807, 2.05) is 25.8 Å². The molecule has 1 aliphatic rings. The van der Waals surface area contributed by atoms with Crippen LogP contribution in [-0.2, 0) is 4.79 Å². The molecule has 0 spiro atoms. The van der Waals surface area contributed by atoms with Gasteiger partial charge in [0.25, 0.3) is 0 Å². The van der Waals surface area contributed by atoms with E-state index in [1.54, 1.807) is 0 Å². The number of likely N-dealkylation sites (N-methyl/N-ethyl adjacent to an activating group) is 1. The lowest BCUT2D eigenvalue weighted by Gasteiger charge is -2.50. The molecule has 16 heavy (non-hydrogen) atoms. The van der Waals surface area contributed by atoms with Crippen molar-refractivity contribution in [1.82, 2.24) is 9.80 Å². The Bertz CT molecular complexity index is 264. The Kier molecular flexibility index (Phi) is 3.97. The molecule has 0 aliphatic carbocycles. The lowest BCUT2D eigenvalue weighted by molar-refractivity contribution is -0.151. The first kappa shape index (κ1) is 13.5. The molecule has 0 aromatic rings. The van der Waals surface area contributed by atoms with Gasteiger partial charge in [0.1, 0.15) is 0 Å². The second-order valence-corrected chi connectivity index (χ2v) is 5.51. The van der Waals surface area contributed by atoms with Crippen LogP contribution in [0, 0.1) is 0 Å². The van der Waals surface area contributed by atoms with Crippen LogP contribution in [0.5, 0.6) is 0 Å². The zero-order valence-corrected chi connectivity index (χ0v) is 11.0. The van der Waals surface area contributed by atoms with Crippen molar-refractivity contribution in [1.29, 1.82) is 0 Å². The van der Waals surface area contributed by atoms with Gasteiger partial charge in [-0.15, -0.1) is 0 Å². The monoisotopic (exact) mass is 228 g/mol. The van der Waals surface area contributed by atoms with E-state index in [0.717, 1.165) is 6.54 Å². The Morgan fingerprint density at radius 2 is 2.06 bits per heavy atom. The van der Waals surface area contributed by atoms with Crippen molar-refractivity contribution in [3.63, 3.8) is 0 Å². The van der Waals surface area contributed by atoms with Crippen LogP contribution in [0.2, 0.25) is 0 Å². The summed E-state index contributed by atoms with van der Waals surface area (Å²) in [7, 11) is 1.97. The molecule has 1 rings (SSSR count). The standard InChI is InChI=1S/C12H24N2O2/c1-9(2)14-8-12(3,4)13(5)10(6-7-15)11(14)16/h9-10,15H,6-8H2,1-5H3. The fourth-order valence-electron chi connectivity index (χ4n) is 2.26. The fraction of sp³-hybridized carbons (Fsp3) is 0.917. The summed E-state index contributed by atoms with van der Waals surface area (Å²) in [6.45, 7) is 9.16. The van der Waals surface area contributed by atoms with E-state index in [4.69, 9.17) is 5.11 Å². The van der Waals surface area contributed by atoms with E-state index in [-0.39, 0.29) is 30.1 Å². The number of amides is 1. The molecule has 1 saturated heterocycles. The summed E-state index contributed by atoms with van der Waals surface area (Å²) in [5.74, 6) is 0.144. The SMILES string of the molecule is CC(C)N1CC(C)(C)N(C)C(CCO)C1=O. The summed E-state index contributed by atoms with van der Waals surface area (Å²) in [4.78, 5) is 16.2. The van der Waals surface area contributed by atoms with Gasteiger partial charge in [0, 0.05) is 24.7 Å². The highest BCUT2D eigenvalue weighted by Gasteiger charge is 2.43. The third-order valence-corrected chi connectivity index (χ3v) is 3.57. The number of aliphatic hydroxyl groups excluding tert-OH is 1. The van der Waals surface area contributed by atoms with Crippen molar-refractivity contribution >= 4 is 5.91 Å². The Morgan fingerprint density at radius 3 is 2.50 bits per heavy atom. The van der Waals surface area contributed by atoms with E-state index in [0.29, 0.717) is 6.42 Å². The number of hydrogen-bond donors (Lipinski definition) is 1. The first-order valence-corrected chi connectivity index (χ1v) is 5.95. The molecule has 1 aliphatic heterocycles. The lowest BCUT2D eigenvalue weighted by Crippen LogP contribution is -2.66. The van der Waals surface area contributed by atoms with Crippen molar-refractivity contribution in [2.24, 2.45) is 0 Å². The van der Waals surface area contributed by atoms with Crippen molar-refractivity contribution in [3.05, 3.63) is 0 Å². The van der Waals surface area contributed by atoms with Crippen LogP contribution in [-0.4, -0.2) is 58.6 Å². The molecule has 0 radical (unpaired) electrons. The fourth-order valence-corrected chi connectivity index (χ4v) is 2.26. The Morgan fingerprint density at radius 1 is 1.50 bits per heavy atom. The van der Waals surface area contributed by atoms with Gasteiger partial charge < -0.3 is 10.0 Å². The van der Waals surface area contributed by atoms with Crippen LogP contribution in [0.15, 0.2) is 0 Å². The second-order valence-electron chi connectivity index (χ2n) is 5.51. The maximum absolute atomic E-state index is 12.2. The molecule has 1 N–H and O–H groups in total. The summed E-state index contributed by atoms with van der Waals surface area (Å²) in [5.41, 5.74) is -0.0297. The van der Waals surface area contributed by atoms with Crippen LogP contribution in [0.25, 0.3) is 0 Å². The predicted octanol–water partition coefficient (Wildman–Crippen LogP) is 0.698. The van der Waals surface area contributed by atoms with E-state index in [2.05, 4.69) is 18.7 Å². The normalized spacial score (nSPS) is 26.6. The Hall–Kier alpha value is -0.610. The quantitative estimate of drug-likeness (QED) is 0.773. The summed E-state index contributed by atoms with van der Waals surface area (Å²) >= 11 is 0. The van der Waals surface area contributed by atoms with Crippen molar-refractivity contribution < 1.29 is 9.90 Å². The highest BCUT2D eigenvalue weighted by atomic mass is 16.3. The van der Waals surface area contributed by atoms with Gasteiger partial charge in [0.15, 0.2) is 0 Å². The molecule has 0 aromatic carbocycles. The predicted molar refractivity (Wildman–Crippen MR) is 64.2 cm³/mol. The Labute approximate surface area is 98.2 Å². The van der Waals surface area contributed by atoms with Gasteiger partial charge in [0.05, 0.1) is 6.04 Å². The molecule has 0 bridgehead atoms. The summed E-state index contributed by atoms with van der Waals surface area (Å²) in [6.07, 6.45) is 0.516. The van der Waals surface area contributed by atoms with Gasteiger partial charge in [-0.05, 0) is 41.2 Å². The summed E-state index contributed by atoms with van der Waals surface area (Å²) in [6, 6.07) is 0.0396. The maximum Gasteiger partial charge on any atom is 0.240 e. The van der Waals surface area contributed by atoms with Gasteiger partial charge in [-0.3, -0.25) is 9.69 Å². The average Bonchev–Trinajstić information content (AvgIpc) is 2.18. The largest absolute Gasteiger partial charge is 0.396 e. The number of carbonyl (C=O) groups excluding carboxylic acids is 1. The second kappa shape index (κ2) is 4.72. The lowest BCUT2D eigenvalue weighted by atomic mass is 9.93. The first-order chi connectivity index (χ1) is 7.31. The van der Waals surface area contributed by atoms with E-state index in [9.17, 15) is 4.79 Å². The minimum absolute atomic E-state index is 0.0297. The van der Waals surface area contributed by atoms with Gasteiger partial charge in [-0.25, -0.2) is 0 Å². The topological polar surface area (TPSA) is 43.8 Å². The molecule has 1 fully saturated rings. The zero-order chi connectivity index (χ0) is 12.5. The van der Waals surface area contributed by atoms with Crippen LogP contribution in [0.1, 0.15) is 34.1 Å². The molecule has 0 saturated carbocycles.